The molecular weight excluding hydrogens is 402 g/mol. The fraction of sp³-hybridized carbons (Fsp3) is 0.286. The highest BCUT2D eigenvalue weighted by Gasteiger charge is 2.19. The molecule has 0 aliphatic heterocycles. The Bertz CT molecular complexity index is 811. The molecule has 2 heterocycles. The third-order valence-corrected chi connectivity index (χ3v) is 5.56. The molecule has 0 bridgehead atoms. The molecule has 21 heavy (non-hydrogen) atoms. The van der Waals surface area contributed by atoms with Crippen LogP contribution in [0.15, 0.2) is 18.3 Å². The van der Waals surface area contributed by atoms with Gasteiger partial charge in [-0.3, -0.25) is 0 Å². The van der Waals surface area contributed by atoms with Crippen molar-refractivity contribution in [2.45, 2.75) is 26.3 Å². The van der Waals surface area contributed by atoms with Gasteiger partial charge in [-0.05, 0) is 42.0 Å². The summed E-state index contributed by atoms with van der Waals surface area (Å²) in [6, 6.07) is 3.13. The Kier molecular flexibility index (Phi) is 3.87. The number of fused-ring (bicyclic) bond motifs is 1. The van der Waals surface area contributed by atoms with Crippen molar-refractivity contribution in [1.29, 1.82) is 0 Å². The van der Waals surface area contributed by atoms with Crippen molar-refractivity contribution < 1.29 is 4.39 Å². The lowest BCUT2D eigenvalue weighted by atomic mass is 10.2. The molecule has 4 nitrogen and oxygen atoms in total. The number of hydrogen-bond acceptors (Lipinski definition) is 4. The van der Waals surface area contributed by atoms with Crippen LogP contribution in [-0.4, -0.2) is 14.5 Å². The largest absolute Gasteiger partial charge is 0.369 e. The van der Waals surface area contributed by atoms with Crippen molar-refractivity contribution in [1.82, 2.24) is 14.5 Å². The van der Waals surface area contributed by atoms with Crippen LogP contribution >= 0.6 is 33.9 Å². The standard InChI is InChI=1S/C14H14FIN4S/c1-3-8-6-18-13(21-8)7(2)20-12-4-9(15)10(16)5-11(12)19-14(20)17/h4-7H,3H2,1-2H3,(H2,17,19). The summed E-state index contributed by atoms with van der Waals surface area (Å²) in [5.74, 6) is 0.122. The summed E-state index contributed by atoms with van der Waals surface area (Å²) >= 11 is 3.61. The predicted octanol–water partition coefficient (Wildman–Crippen LogP) is 3.99. The topological polar surface area (TPSA) is 56.7 Å². The zero-order valence-corrected chi connectivity index (χ0v) is 14.6. The smallest absolute Gasteiger partial charge is 0.201 e. The molecule has 110 valence electrons. The molecular formula is C14H14FIN4S. The lowest BCUT2D eigenvalue weighted by molar-refractivity contribution is 0.618. The van der Waals surface area contributed by atoms with Gasteiger partial charge in [0.05, 0.1) is 20.6 Å². The van der Waals surface area contributed by atoms with Gasteiger partial charge in [-0.25, -0.2) is 14.4 Å². The van der Waals surface area contributed by atoms with Crippen LogP contribution in [0.5, 0.6) is 0 Å². The van der Waals surface area contributed by atoms with Crippen LogP contribution in [0, 0.1) is 9.39 Å². The maximum atomic E-state index is 13.9. The van der Waals surface area contributed by atoms with E-state index in [1.807, 2.05) is 40.3 Å². The molecule has 0 saturated heterocycles. The van der Waals surface area contributed by atoms with Crippen LogP contribution in [-0.2, 0) is 6.42 Å². The number of thiazole rings is 1. The highest BCUT2D eigenvalue weighted by atomic mass is 127. The summed E-state index contributed by atoms with van der Waals surface area (Å²) in [5.41, 5.74) is 7.44. The van der Waals surface area contributed by atoms with E-state index in [-0.39, 0.29) is 11.9 Å². The summed E-state index contributed by atoms with van der Waals surface area (Å²) in [4.78, 5) is 10.0. The Hall–Kier alpha value is -1.22. The van der Waals surface area contributed by atoms with Gasteiger partial charge < -0.3 is 10.3 Å². The summed E-state index contributed by atoms with van der Waals surface area (Å²) in [6.45, 7) is 4.10. The minimum absolute atomic E-state index is 0.0697. The third-order valence-electron chi connectivity index (χ3n) is 3.42. The number of hydrogen-bond donors (Lipinski definition) is 1. The molecule has 0 radical (unpaired) electrons. The molecule has 1 unspecified atom stereocenters. The van der Waals surface area contributed by atoms with Gasteiger partial charge in [-0.15, -0.1) is 11.3 Å². The minimum atomic E-state index is -0.259. The van der Waals surface area contributed by atoms with Crippen molar-refractivity contribution in [2.24, 2.45) is 0 Å². The average molecular weight is 416 g/mol. The Balaban J connectivity index is 2.14. The number of rotatable bonds is 3. The second kappa shape index (κ2) is 5.53. The zero-order valence-electron chi connectivity index (χ0n) is 11.6. The SMILES string of the molecule is CCc1cnc(C(C)n2c(N)nc3cc(I)c(F)cc32)s1. The summed E-state index contributed by atoms with van der Waals surface area (Å²) < 4.78 is 16.2. The lowest BCUT2D eigenvalue weighted by Gasteiger charge is -2.13. The summed E-state index contributed by atoms with van der Waals surface area (Å²) in [7, 11) is 0. The first-order valence-corrected chi connectivity index (χ1v) is 8.47. The molecule has 0 spiro atoms. The van der Waals surface area contributed by atoms with E-state index in [1.54, 1.807) is 17.4 Å². The van der Waals surface area contributed by atoms with Crippen molar-refractivity contribution in [3.05, 3.63) is 37.6 Å². The van der Waals surface area contributed by atoms with Gasteiger partial charge >= 0.3 is 0 Å². The number of nitrogen functional groups attached to an aromatic ring is 1. The molecule has 0 saturated carbocycles. The van der Waals surface area contributed by atoms with Crippen LogP contribution in [0.1, 0.15) is 29.8 Å². The highest BCUT2D eigenvalue weighted by molar-refractivity contribution is 14.1. The number of imidazole rings is 1. The minimum Gasteiger partial charge on any atom is -0.369 e. The maximum Gasteiger partial charge on any atom is 0.201 e. The van der Waals surface area contributed by atoms with Crippen molar-refractivity contribution in [3.63, 3.8) is 0 Å². The van der Waals surface area contributed by atoms with Gasteiger partial charge in [0.1, 0.15) is 10.8 Å². The molecule has 1 aromatic carbocycles. The molecule has 2 aromatic heterocycles. The lowest BCUT2D eigenvalue weighted by Crippen LogP contribution is -2.10. The molecule has 0 aliphatic carbocycles. The maximum absolute atomic E-state index is 13.9. The second-order valence-corrected chi connectivity index (χ2v) is 7.10. The van der Waals surface area contributed by atoms with Crippen LogP contribution < -0.4 is 5.73 Å². The van der Waals surface area contributed by atoms with E-state index in [4.69, 9.17) is 5.73 Å². The van der Waals surface area contributed by atoms with Crippen LogP contribution in [0.4, 0.5) is 10.3 Å². The fourth-order valence-corrected chi connectivity index (χ4v) is 3.66. The number of nitrogens with two attached hydrogens (primary N) is 1. The molecule has 3 rings (SSSR count). The molecule has 3 aromatic rings. The van der Waals surface area contributed by atoms with E-state index >= 15 is 0 Å². The van der Waals surface area contributed by atoms with Gasteiger partial charge in [-0.1, -0.05) is 6.92 Å². The van der Waals surface area contributed by atoms with Gasteiger partial charge in [0.15, 0.2) is 0 Å². The van der Waals surface area contributed by atoms with E-state index in [0.29, 0.717) is 20.6 Å². The summed E-state index contributed by atoms with van der Waals surface area (Å²) in [5, 5.41) is 0.955. The Morgan fingerprint density at radius 2 is 2.24 bits per heavy atom. The van der Waals surface area contributed by atoms with Gasteiger partial charge in [0, 0.05) is 17.1 Å². The molecule has 0 fully saturated rings. The molecule has 7 heteroatoms. The second-order valence-electron chi connectivity index (χ2n) is 4.79. The average Bonchev–Trinajstić information content (AvgIpc) is 3.03. The quantitative estimate of drug-likeness (QED) is 0.657. The van der Waals surface area contributed by atoms with E-state index in [2.05, 4.69) is 16.9 Å². The summed E-state index contributed by atoms with van der Waals surface area (Å²) in [6.07, 6.45) is 2.84. The molecule has 1 atom stereocenters. The number of aryl methyl sites for hydroxylation is 1. The van der Waals surface area contributed by atoms with E-state index in [9.17, 15) is 4.39 Å². The normalized spacial score (nSPS) is 13.0. The predicted molar refractivity (Wildman–Crippen MR) is 92.1 cm³/mol. The third kappa shape index (κ3) is 2.52. The molecule has 2 N–H and O–H groups in total. The fourth-order valence-electron chi connectivity index (χ4n) is 2.31. The van der Waals surface area contributed by atoms with Gasteiger partial charge in [-0.2, -0.15) is 0 Å². The van der Waals surface area contributed by atoms with Crippen LogP contribution in [0.25, 0.3) is 11.0 Å². The van der Waals surface area contributed by atoms with Crippen LogP contribution in [0.2, 0.25) is 0 Å². The Labute approximate surface area is 139 Å². The first-order chi connectivity index (χ1) is 10.0. The molecule has 0 aliphatic rings. The highest BCUT2D eigenvalue weighted by Crippen LogP contribution is 2.31. The number of nitrogens with zero attached hydrogens (tertiary/aromatic N) is 3. The number of benzene rings is 1. The van der Waals surface area contributed by atoms with Crippen molar-refractivity contribution in [2.75, 3.05) is 5.73 Å². The number of aromatic nitrogens is 3. The first-order valence-electron chi connectivity index (χ1n) is 6.58. The van der Waals surface area contributed by atoms with E-state index in [0.717, 1.165) is 11.4 Å². The van der Waals surface area contributed by atoms with Crippen molar-refractivity contribution in [3.8, 4) is 0 Å². The Morgan fingerprint density at radius 3 is 2.90 bits per heavy atom. The monoisotopic (exact) mass is 416 g/mol. The van der Waals surface area contributed by atoms with Gasteiger partial charge in [0.2, 0.25) is 5.95 Å². The van der Waals surface area contributed by atoms with E-state index in [1.165, 1.54) is 10.9 Å². The number of halogens is 2. The number of anilines is 1. The molecule has 0 amide bonds. The first kappa shape index (κ1) is 14.7. The van der Waals surface area contributed by atoms with Crippen molar-refractivity contribution >= 4 is 50.9 Å². The Morgan fingerprint density at radius 1 is 1.48 bits per heavy atom. The van der Waals surface area contributed by atoms with Gasteiger partial charge in [0.25, 0.3) is 0 Å². The zero-order chi connectivity index (χ0) is 15.1. The van der Waals surface area contributed by atoms with Crippen LogP contribution in [0.3, 0.4) is 0 Å². The van der Waals surface area contributed by atoms with E-state index < -0.39 is 0 Å².